The van der Waals surface area contributed by atoms with Crippen LogP contribution in [0.5, 0.6) is 5.75 Å². The van der Waals surface area contributed by atoms with E-state index >= 15 is 0 Å². The molecular formula is C20H23N3O3S. The number of carbonyl (C=O) groups is 2. The van der Waals surface area contributed by atoms with E-state index in [1.165, 1.54) is 22.5 Å². The summed E-state index contributed by atoms with van der Waals surface area (Å²) in [5, 5.41) is 4.56. The fraction of sp³-hybridized carbons (Fsp3) is 0.400. The van der Waals surface area contributed by atoms with Crippen LogP contribution >= 0.6 is 11.3 Å². The van der Waals surface area contributed by atoms with Gasteiger partial charge in [-0.15, -0.1) is 11.3 Å². The van der Waals surface area contributed by atoms with E-state index in [-0.39, 0.29) is 18.4 Å². The highest BCUT2D eigenvalue weighted by Crippen LogP contribution is 2.26. The van der Waals surface area contributed by atoms with Gasteiger partial charge in [-0.3, -0.25) is 14.5 Å². The van der Waals surface area contributed by atoms with Gasteiger partial charge in [0.05, 0.1) is 18.0 Å². The zero-order valence-corrected chi connectivity index (χ0v) is 16.0. The van der Waals surface area contributed by atoms with Gasteiger partial charge in [0.2, 0.25) is 5.91 Å². The summed E-state index contributed by atoms with van der Waals surface area (Å²) in [5.74, 6) is 0.811. The maximum absolute atomic E-state index is 12.3. The molecule has 1 saturated heterocycles. The molecule has 3 heterocycles. The van der Waals surface area contributed by atoms with E-state index in [9.17, 15) is 9.59 Å². The predicted octanol–water partition coefficient (Wildman–Crippen LogP) is 1.76. The molecule has 1 aromatic carbocycles. The largest absolute Gasteiger partial charge is 0.493 e. The van der Waals surface area contributed by atoms with Crippen LogP contribution < -0.4 is 10.1 Å². The highest BCUT2D eigenvalue weighted by molar-refractivity contribution is 7.12. The van der Waals surface area contributed by atoms with E-state index in [0.717, 1.165) is 38.4 Å². The van der Waals surface area contributed by atoms with Crippen molar-refractivity contribution in [1.82, 2.24) is 15.1 Å². The Morgan fingerprint density at radius 3 is 2.78 bits per heavy atom. The summed E-state index contributed by atoms with van der Waals surface area (Å²) >= 11 is 1.38. The number of nitrogens with one attached hydrogen (secondary N) is 1. The van der Waals surface area contributed by atoms with E-state index in [4.69, 9.17) is 4.74 Å². The van der Waals surface area contributed by atoms with E-state index in [0.29, 0.717) is 18.0 Å². The summed E-state index contributed by atoms with van der Waals surface area (Å²) in [5.41, 5.74) is 2.59. The Labute approximate surface area is 162 Å². The van der Waals surface area contributed by atoms with Crippen LogP contribution in [0.25, 0.3) is 0 Å². The fourth-order valence-corrected chi connectivity index (χ4v) is 4.15. The Morgan fingerprint density at radius 2 is 2.00 bits per heavy atom. The van der Waals surface area contributed by atoms with Gasteiger partial charge in [0.15, 0.2) is 0 Å². The van der Waals surface area contributed by atoms with Gasteiger partial charge in [0.25, 0.3) is 5.91 Å². The first kappa shape index (κ1) is 18.0. The first-order valence-corrected chi connectivity index (χ1v) is 10.1. The molecule has 2 aromatic rings. The summed E-state index contributed by atoms with van der Waals surface area (Å²) in [6.07, 6.45) is 0.989. The monoisotopic (exact) mass is 385 g/mol. The lowest BCUT2D eigenvalue weighted by atomic mass is 10.1. The topological polar surface area (TPSA) is 61.9 Å². The average molecular weight is 385 g/mol. The van der Waals surface area contributed by atoms with Crippen LogP contribution in [-0.4, -0.2) is 60.9 Å². The zero-order chi connectivity index (χ0) is 18.6. The van der Waals surface area contributed by atoms with E-state index < -0.39 is 0 Å². The van der Waals surface area contributed by atoms with Gasteiger partial charge < -0.3 is 15.0 Å². The Hall–Kier alpha value is -2.38. The Bertz CT molecular complexity index is 814. The summed E-state index contributed by atoms with van der Waals surface area (Å²) in [6, 6.07) is 10.0. The highest BCUT2D eigenvalue weighted by atomic mass is 32.1. The smallest absolute Gasteiger partial charge is 0.261 e. The fourth-order valence-electron chi connectivity index (χ4n) is 3.51. The van der Waals surface area contributed by atoms with Crippen LogP contribution in [0.2, 0.25) is 0 Å². The van der Waals surface area contributed by atoms with Crippen LogP contribution in [-0.2, 0) is 17.8 Å². The van der Waals surface area contributed by atoms with Crippen molar-refractivity contribution in [3.05, 3.63) is 51.7 Å². The molecule has 2 aliphatic rings. The Balaban J connectivity index is 1.22. The minimum absolute atomic E-state index is 0.0192. The number of hydrogen-bond acceptors (Lipinski definition) is 5. The van der Waals surface area contributed by atoms with Crippen molar-refractivity contribution in [3.63, 3.8) is 0 Å². The SMILES string of the molecule is O=C(NCC(=O)N1CCN(Cc2ccc3c(c2)CCO3)CC1)c1cccs1. The standard InChI is InChI=1S/C20H23N3O3S/c24-19(13-21-20(25)18-2-1-11-27-18)23-8-6-22(7-9-23)14-15-3-4-17-16(12-15)5-10-26-17/h1-4,11-12H,5-10,13-14H2,(H,21,25). The van der Waals surface area contributed by atoms with Gasteiger partial charge in [-0.25, -0.2) is 0 Å². The lowest BCUT2D eigenvalue weighted by Gasteiger charge is -2.34. The molecule has 0 spiro atoms. The van der Waals surface area contributed by atoms with Gasteiger partial charge >= 0.3 is 0 Å². The second kappa shape index (κ2) is 8.10. The second-order valence-corrected chi connectivity index (χ2v) is 7.81. The molecule has 0 radical (unpaired) electrons. The molecule has 0 atom stereocenters. The predicted molar refractivity (Wildman–Crippen MR) is 104 cm³/mol. The quantitative estimate of drug-likeness (QED) is 0.852. The Kier molecular flexibility index (Phi) is 5.40. The highest BCUT2D eigenvalue weighted by Gasteiger charge is 2.22. The van der Waals surface area contributed by atoms with Crippen LogP contribution in [0.4, 0.5) is 0 Å². The average Bonchev–Trinajstić information content (AvgIpc) is 3.38. The molecule has 6 nitrogen and oxygen atoms in total. The summed E-state index contributed by atoms with van der Waals surface area (Å²) < 4.78 is 5.56. The third kappa shape index (κ3) is 4.31. The normalized spacial score (nSPS) is 16.7. The van der Waals surface area contributed by atoms with Crippen LogP contribution in [0, 0.1) is 0 Å². The molecule has 0 bridgehead atoms. The summed E-state index contributed by atoms with van der Waals surface area (Å²) in [7, 11) is 0. The number of benzene rings is 1. The van der Waals surface area contributed by atoms with Crippen LogP contribution in [0.1, 0.15) is 20.8 Å². The van der Waals surface area contributed by atoms with Crippen LogP contribution in [0.15, 0.2) is 35.7 Å². The molecule has 1 N–H and O–H groups in total. The van der Waals surface area contributed by atoms with Gasteiger partial charge in [-0.05, 0) is 28.6 Å². The molecule has 0 saturated carbocycles. The molecule has 7 heteroatoms. The van der Waals surface area contributed by atoms with E-state index in [1.54, 1.807) is 6.07 Å². The molecule has 27 heavy (non-hydrogen) atoms. The summed E-state index contributed by atoms with van der Waals surface area (Å²) in [6.45, 7) is 4.81. The molecule has 0 unspecified atom stereocenters. The van der Waals surface area contributed by atoms with Crippen molar-refractivity contribution in [1.29, 1.82) is 0 Å². The maximum Gasteiger partial charge on any atom is 0.261 e. The molecule has 1 aromatic heterocycles. The van der Waals surface area contributed by atoms with Crippen LogP contribution in [0.3, 0.4) is 0 Å². The van der Waals surface area contributed by atoms with Gasteiger partial charge in [-0.1, -0.05) is 18.2 Å². The number of amides is 2. The van der Waals surface area contributed by atoms with Crippen molar-refractivity contribution in [2.24, 2.45) is 0 Å². The van der Waals surface area contributed by atoms with Crippen molar-refractivity contribution in [2.45, 2.75) is 13.0 Å². The summed E-state index contributed by atoms with van der Waals surface area (Å²) in [4.78, 5) is 29.1. The minimum atomic E-state index is -0.183. The Morgan fingerprint density at radius 1 is 1.15 bits per heavy atom. The third-order valence-corrected chi connectivity index (χ3v) is 5.90. The number of carbonyl (C=O) groups excluding carboxylic acids is 2. The first-order valence-electron chi connectivity index (χ1n) is 9.25. The molecule has 2 aliphatic heterocycles. The molecule has 142 valence electrons. The lowest BCUT2D eigenvalue weighted by molar-refractivity contribution is -0.131. The molecule has 1 fully saturated rings. The molecule has 4 rings (SSSR count). The number of thiophene rings is 1. The maximum atomic E-state index is 12.3. The third-order valence-electron chi connectivity index (χ3n) is 5.03. The molecule has 0 aliphatic carbocycles. The number of fused-ring (bicyclic) bond motifs is 1. The zero-order valence-electron chi connectivity index (χ0n) is 15.1. The number of piperazine rings is 1. The van der Waals surface area contributed by atoms with Crippen molar-refractivity contribution >= 4 is 23.2 Å². The van der Waals surface area contributed by atoms with Gasteiger partial charge in [-0.2, -0.15) is 0 Å². The van der Waals surface area contributed by atoms with Crippen molar-refractivity contribution in [3.8, 4) is 5.75 Å². The van der Waals surface area contributed by atoms with E-state index in [1.807, 2.05) is 16.3 Å². The number of ether oxygens (including phenoxy) is 1. The lowest BCUT2D eigenvalue weighted by Crippen LogP contribution is -2.50. The van der Waals surface area contributed by atoms with Gasteiger partial charge in [0.1, 0.15) is 5.75 Å². The van der Waals surface area contributed by atoms with Crippen molar-refractivity contribution < 1.29 is 14.3 Å². The van der Waals surface area contributed by atoms with Crippen molar-refractivity contribution in [2.75, 3.05) is 39.3 Å². The first-order chi connectivity index (χ1) is 13.2. The minimum Gasteiger partial charge on any atom is -0.493 e. The van der Waals surface area contributed by atoms with E-state index in [2.05, 4.69) is 28.4 Å². The number of rotatable bonds is 5. The molecular weight excluding hydrogens is 362 g/mol. The molecule has 2 amide bonds. The number of nitrogens with zero attached hydrogens (tertiary/aromatic N) is 2. The number of hydrogen-bond donors (Lipinski definition) is 1. The van der Waals surface area contributed by atoms with Gasteiger partial charge in [0, 0.05) is 39.1 Å². The second-order valence-electron chi connectivity index (χ2n) is 6.86.